The van der Waals surface area contributed by atoms with Gasteiger partial charge in [0.1, 0.15) is 36.3 Å². The van der Waals surface area contributed by atoms with Gasteiger partial charge in [0.05, 0.1) is 38.5 Å². The summed E-state index contributed by atoms with van der Waals surface area (Å²) < 4.78 is 0. The normalized spacial score (nSPS) is 23.1. The van der Waals surface area contributed by atoms with Crippen molar-refractivity contribution in [3.05, 3.63) is 35.9 Å². The SMILES string of the molecule is C[C@@H](O)[C@@H]1NCC(=O)C(NC(=O)[C@@H](N)CO)CCC(=O)NCCCCC(C(=O)N[C@@H](CO)C(=O)N[C@@H](Cc2ccccc2)C(N)=O)NC(=O)[C@H](CO)NC1=O. The zero-order chi connectivity index (χ0) is 41.1. The van der Waals surface area contributed by atoms with Gasteiger partial charge in [-0.25, -0.2) is 0 Å². The number of carbonyl (C=O) groups is 8. The van der Waals surface area contributed by atoms with E-state index in [1.807, 2.05) is 0 Å². The smallest absolute Gasteiger partial charge is 0.245 e. The summed E-state index contributed by atoms with van der Waals surface area (Å²) in [7, 11) is 0. The fourth-order valence-corrected chi connectivity index (χ4v) is 5.36. The van der Waals surface area contributed by atoms with Crippen LogP contribution in [0.1, 0.15) is 44.6 Å². The van der Waals surface area contributed by atoms with Crippen molar-refractivity contribution < 1.29 is 58.8 Å². The Labute approximate surface area is 317 Å². The number of amides is 7. The second-order valence-corrected chi connectivity index (χ2v) is 13.0. The van der Waals surface area contributed by atoms with Gasteiger partial charge < -0.3 is 63.8 Å². The van der Waals surface area contributed by atoms with E-state index in [2.05, 4.69) is 37.2 Å². The topological polar surface area (TPSA) is 354 Å². The van der Waals surface area contributed by atoms with E-state index in [0.29, 0.717) is 5.56 Å². The van der Waals surface area contributed by atoms with E-state index >= 15 is 0 Å². The molecule has 1 aromatic rings. The van der Waals surface area contributed by atoms with E-state index < -0.39 is 122 Å². The molecular formula is C34H53N9O12. The molecule has 1 aliphatic heterocycles. The molecule has 1 heterocycles. The van der Waals surface area contributed by atoms with Gasteiger partial charge in [-0.2, -0.15) is 0 Å². The molecular weight excluding hydrogens is 726 g/mol. The molecule has 15 N–H and O–H groups in total. The number of nitrogens with two attached hydrogens (primary N) is 2. The van der Waals surface area contributed by atoms with E-state index in [0.717, 1.165) is 0 Å². The molecule has 8 atom stereocenters. The molecule has 7 amide bonds. The van der Waals surface area contributed by atoms with Gasteiger partial charge in [0.15, 0.2) is 5.78 Å². The molecule has 1 saturated heterocycles. The summed E-state index contributed by atoms with van der Waals surface area (Å²) in [4.78, 5) is 103. The van der Waals surface area contributed by atoms with Crippen molar-refractivity contribution >= 4 is 47.1 Å². The maximum absolute atomic E-state index is 13.5. The molecule has 0 saturated carbocycles. The third kappa shape index (κ3) is 15.7. The van der Waals surface area contributed by atoms with Crippen molar-refractivity contribution in [2.24, 2.45) is 11.5 Å². The van der Waals surface area contributed by atoms with Crippen LogP contribution in [0.3, 0.4) is 0 Å². The second-order valence-electron chi connectivity index (χ2n) is 13.0. The predicted octanol–water partition coefficient (Wildman–Crippen LogP) is -6.57. The fourth-order valence-electron chi connectivity index (χ4n) is 5.36. The lowest BCUT2D eigenvalue weighted by atomic mass is 10.0. The van der Waals surface area contributed by atoms with Crippen LogP contribution < -0.4 is 48.7 Å². The highest BCUT2D eigenvalue weighted by atomic mass is 16.3. The van der Waals surface area contributed by atoms with Gasteiger partial charge in [-0.3, -0.25) is 43.7 Å². The zero-order valence-electron chi connectivity index (χ0n) is 30.5. The zero-order valence-corrected chi connectivity index (χ0v) is 30.5. The minimum absolute atomic E-state index is 0.0235. The summed E-state index contributed by atoms with van der Waals surface area (Å²) >= 11 is 0. The maximum atomic E-state index is 13.5. The molecule has 1 fully saturated rings. The third-order valence-electron chi connectivity index (χ3n) is 8.61. The van der Waals surface area contributed by atoms with E-state index in [-0.39, 0.29) is 45.1 Å². The Morgan fingerprint density at radius 2 is 1.58 bits per heavy atom. The Morgan fingerprint density at radius 1 is 0.891 bits per heavy atom. The van der Waals surface area contributed by atoms with Crippen molar-refractivity contribution in [3.8, 4) is 0 Å². The Bertz CT molecular complexity index is 1480. The van der Waals surface area contributed by atoms with E-state index in [4.69, 9.17) is 11.5 Å². The van der Waals surface area contributed by atoms with Gasteiger partial charge in [-0.05, 0) is 38.2 Å². The summed E-state index contributed by atoms with van der Waals surface area (Å²) in [6.45, 7) is -1.93. The van der Waals surface area contributed by atoms with Gasteiger partial charge >= 0.3 is 0 Å². The molecule has 306 valence electrons. The molecule has 0 radical (unpaired) electrons. The average Bonchev–Trinajstić information content (AvgIpc) is 3.15. The molecule has 21 nitrogen and oxygen atoms in total. The van der Waals surface area contributed by atoms with Crippen LogP contribution >= 0.6 is 0 Å². The van der Waals surface area contributed by atoms with Crippen molar-refractivity contribution in [1.29, 1.82) is 0 Å². The molecule has 55 heavy (non-hydrogen) atoms. The highest BCUT2D eigenvalue weighted by molar-refractivity contribution is 5.96. The number of aliphatic hydroxyl groups excluding tert-OH is 4. The van der Waals surface area contributed by atoms with Crippen molar-refractivity contribution in [3.63, 3.8) is 0 Å². The Morgan fingerprint density at radius 3 is 2.18 bits per heavy atom. The molecule has 2 unspecified atom stereocenters. The molecule has 0 spiro atoms. The van der Waals surface area contributed by atoms with Gasteiger partial charge in [0.2, 0.25) is 41.4 Å². The number of Topliss-reactive ketones (excluding diaryl/α,β-unsaturated/α-hetero) is 1. The van der Waals surface area contributed by atoms with E-state index in [1.54, 1.807) is 30.3 Å². The minimum Gasteiger partial charge on any atom is -0.394 e. The lowest BCUT2D eigenvalue weighted by Crippen LogP contribution is -2.61. The number of ketones is 1. The standard InChI is InChI=1S/C34H53N9O12/c1-18(47)28-34(55)43-25(17-46)32(53)40-22(31(52)42-24(16-45)33(54)41-23(29(36)50)13-19-7-3-2-4-8-19)9-5-6-12-37-27(49)11-10-21(26(48)14-38-28)39-30(51)20(35)15-44/h2-4,7-8,18,20-25,28,38,44-47H,5-6,9-17,35H2,1H3,(H2,36,50)(H,37,49)(H,39,51)(H,40,53)(H,41,54)(H,42,52)(H,43,55)/t18-,20+,21?,22?,23+,24+,25+,28+/m1/s1. The van der Waals surface area contributed by atoms with Gasteiger partial charge in [0.25, 0.3) is 0 Å². The first-order valence-corrected chi connectivity index (χ1v) is 17.8. The van der Waals surface area contributed by atoms with Crippen LogP contribution in [0.5, 0.6) is 0 Å². The Hall–Kier alpha value is -5.06. The van der Waals surface area contributed by atoms with Crippen LogP contribution in [0.2, 0.25) is 0 Å². The van der Waals surface area contributed by atoms with E-state index in [1.165, 1.54) is 6.92 Å². The first kappa shape index (κ1) is 46.1. The first-order valence-electron chi connectivity index (χ1n) is 17.8. The Balaban J connectivity index is 2.28. The highest BCUT2D eigenvalue weighted by Gasteiger charge is 2.33. The lowest BCUT2D eigenvalue weighted by Gasteiger charge is -2.27. The number of primary amides is 1. The number of hydrogen-bond acceptors (Lipinski definition) is 14. The van der Waals surface area contributed by atoms with Crippen molar-refractivity contribution in [2.45, 2.75) is 93.8 Å². The monoisotopic (exact) mass is 779 g/mol. The molecule has 0 bridgehead atoms. The number of hydrogen-bond donors (Lipinski definition) is 13. The number of rotatable bonds is 13. The quantitative estimate of drug-likeness (QED) is 0.0886. The number of benzene rings is 1. The summed E-state index contributed by atoms with van der Waals surface area (Å²) in [5, 5.41) is 56.5. The molecule has 21 heteroatoms. The fraction of sp³-hybridized carbons (Fsp3) is 0.588. The summed E-state index contributed by atoms with van der Waals surface area (Å²) in [6, 6.07) is -1.44. The van der Waals surface area contributed by atoms with Crippen LogP contribution in [0.15, 0.2) is 30.3 Å². The van der Waals surface area contributed by atoms with Crippen LogP contribution in [0, 0.1) is 0 Å². The number of nitrogens with one attached hydrogen (secondary N) is 7. The maximum Gasteiger partial charge on any atom is 0.245 e. The van der Waals surface area contributed by atoms with Crippen molar-refractivity contribution in [1.82, 2.24) is 37.2 Å². The van der Waals surface area contributed by atoms with Crippen LogP contribution in [0.4, 0.5) is 0 Å². The molecule has 1 aliphatic rings. The minimum atomic E-state index is -1.68. The molecule has 0 aliphatic carbocycles. The van der Waals surface area contributed by atoms with Crippen LogP contribution in [-0.4, -0.2) is 149 Å². The average molecular weight is 780 g/mol. The molecule has 0 aromatic heterocycles. The third-order valence-corrected chi connectivity index (χ3v) is 8.61. The van der Waals surface area contributed by atoms with Gasteiger partial charge in [-0.15, -0.1) is 0 Å². The van der Waals surface area contributed by atoms with Crippen LogP contribution in [0.25, 0.3) is 0 Å². The summed E-state index contributed by atoms with van der Waals surface area (Å²) in [5.41, 5.74) is 11.7. The van der Waals surface area contributed by atoms with Gasteiger partial charge in [-0.1, -0.05) is 30.3 Å². The number of carbonyl (C=O) groups excluding carboxylic acids is 8. The van der Waals surface area contributed by atoms with Crippen LogP contribution in [-0.2, 0) is 44.8 Å². The summed E-state index contributed by atoms with van der Waals surface area (Å²) in [6.07, 6.45) is -1.51. The Kier molecular flexibility index (Phi) is 19.8. The molecule has 1 aromatic carbocycles. The van der Waals surface area contributed by atoms with E-state index in [9.17, 15) is 58.8 Å². The highest BCUT2D eigenvalue weighted by Crippen LogP contribution is 2.07. The second kappa shape index (κ2) is 23.7. The lowest BCUT2D eigenvalue weighted by molar-refractivity contribution is -0.136. The largest absolute Gasteiger partial charge is 0.394 e. The molecule has 2 rings (SSSR count). The summed E-state index contributed by atoms with van der Waals surface area (Å²) in [5.74, 6) is -6.93. The predicted molar refractivity (Wildman–Crippen MR) is 193 cm³/mol. The first-order chi connectivity index (χ1) is 26.1. The van der Waals surface area contributed by atoms with Crippen molar-refractivity contribution in [2.75, 3.05) is 32.9 Å². The number of aliphatic hydroxyl groups is 4. The van der Waals surface area contributed by atoms with Gasteiger partial charge in [0, 0.05) is 19.4 Å².